The number of allylic oxidation sites excluding steroid dienone is 1. The van der Waals surface area contributed by atoms with E-state index in [2.05, 4.69) is 9.05 Å². The van der Waals surface area contributed by atoms with Crippen LogP contribution in [0.5, 0.6) is 0 Å². The maximum atomic E-state index is 10.8. The van der Waals surface area contributed by atoms with Crippen LogP contribution in [0.15, 0.2) is 12.2 Å². The van der Waals surface area contributed by atoms with Gasteiger partial charge in [0.15, 0.2) is 0 Å². The minimum absolute atomic E-state index is 0.0108. The van der Waals surface area contributed by atoms with E-state index < -0.39 is 13.8 Å². The van der Waals surface area contributed by atoms with E-state index in [1.54, 1.807) is 6.92 Å². The van der Waals surface area contributed by atoms with Crippen molar-refractivity contribution in [2.75, 3.05) is 6.61 Å². The lowest BCUT2D eigenvalue weighted by Gasteiger charge is -2.07. The maximum absolute atomic E-state index is 10.8. The minimum Gasteiger partial charge on any atom is -0.367 e. The highest BCUT2D eigenvalue weighted by molar-refractivity contribution is 7.48. The molecule has 0 saturated heterocycles. The van der Waals surface area contributed by atoms with Crippen molar-refractivity contribution in [3.8, 4) is 0 Å². The van der Waals surface area contributed by atoms with Crippen LogP contribution in [0.3, 0.4) is 0 Å². The molecule has 70 valence electrons. The maximum Gasteiger partial charge on any atom is 0.529 e. The quantitative estimate of drug-likeness (QED) is 0.538. The lowest BCUT2D eigenvalue weighted by Crippen LogP contribution is -2.00. The first-order chi connectivity index (χ1) is 5.52. The first kappa shape index (κ1) is 11.4. The highest BCUT2D eigenvalue weighted by Gasteiger charge is 2.23. The molecule has 0 bridgehead atoms. The van der Waals surface area contributed by atoms with Gasteiger partial charge in [-0.3, -0.25) is 9.42 Å². The van der Waals surface area contributed by atoms with E-state index in [0.717, 1.165) is 6.08 Å². The number of carbonyl (C=O) groups is 1. The SMILES string of the molecule is CC=CC(=O)OP(=O)(O)OCC. The second-order valence-corrected chi connectivity index (χ2v) is 3.17. The van der Waals surface area contributed by atoms with Gasteiger partial charge in [0.2, 0.25) is 0 Å². The van der Waals surface area contributed by atoms with E-state index in [9.17, 15) is 9.36 Å². The molecule has 0 aromatic heterocycles. The molecular weight excluding hydrogens is 183 g/mol. The second-order valence-electron chi connectivity index (χ2n) is 1.80. The van der Waals surface area contributed by atoms with Crippen molar-refractivity contribution in [2.24, 2.45) is 0 Å². The average Bonchev–Trinajstić information content (AvgIpc) is 1.85. The predicted molar refractivity (Wildman–Crippen MR) is 42.4 cm³/mol. The molecular formula is C6H11O5P. The van der Waals surface area contributed by atoms with Crippen molar-refractivity contribution in [1.82, 2.24) is 0 Å². The summed E-state index contributed by atoms with van der Waals surface area (Å²) in [6.45, 7) is 3.12. The van der Waals surface area contributed by atoms with Crippen molar-refractivity contribution in [2.45, 2.75) is 13.8 Å². The number of hydrogen-bond acceptors (Lipinski definition) is 4. The molecule has 0 saturated carbocycles. The summed E-state index contributed by atoms with van der Waals surface area (Å²) >= 11 is 0. The summed E-state index contributed by atoms with van der Waals surface area (Å²) in [6.07, 6.45) is 2.43. The van der Waals surface area contributed by atoms with Gasteiger partial charge in [-0.05, 0) is 13.8 Å². The van der Waals surface area contributed by atoms with Gasteiger partial charge in [-0.1, -0.05) is 6.08 Å². The van der Waals surface area contributed by atoms with E-state index >= 15 is 0 Å². The minimum atomic E-state index is -4.18. The van der Waals surface area contributed by atoms with Crippen molar-refractivity contribution >= 4 is 13.8 Å². The molecule has 1 atom stereocenters. The Morgan fingerprint density at radius 2 is 2.25 bits per heavy atom. The fraction of sp³-hybridized carbons (Fsp3) is 0.500. The molecule has 0 fully saturated rings. The van der Waals surface area contributed by atoms with Crippen LogP contribution in [0.1, 0.15) is 13.8 Å². The first-order valence-electron chi connectivity index (χ1n) is 3.35. The zero-order valence-corrected chi connectivity index (χ0v) is 7.78. The first-order valence-corrected chi connectivity index (χ1v) is 4.85. The smallest absolute Gasteiger partial charge is 0.367 e. The summed E-state index contributed by atoms with van der Waals surface area (Å²) in [7, 11) is -4.18. The third-order valence-electron chi connectivity index (χ3n) is 0.800. The second kappa shape index (κ2) is 5.09. The highest BCUT2D eigenvalue weighted by atomic mass is 31.2. The van der Waals surface area contributed by atoms with Crippen molar-refractivity contribution in [1.29, 1.82) is 0 Å². The Hall–Kier alpha value is -0.640. The molecule has 5 nitrogen and oxygen atoms in total. The van der Waals surface area contributed by atoms with E-state index in [1.165, 1.54) is 13.0 Å². The number of rotatable bonds is 4. The van der Waals surface area contributed by atoms with Gasteiger partial charge in [-0.15, -0.1) is 0 Å². The van der Waals surface area contributed by atoms with Gasteiger partial charge in [0, 0.05) is 6.08 Å². The molecule has 1 N–H and O–H groups in total. The molecule has 0 rings (SSSR count). The lowest BCUT2D eigenvalue weighted by molar-refractivity contribution is -0.130. The Labute approximate surface area is 70.6 Å². The molecule has 0 aliphatic heterocycles. The molecule has 0 radical (unpaired) electrons. The molecule has 12 heavy (non-hydrogen) atoms. The van der Waals surface area contributed by atoms with Crippen LogP contribution in [0, 0.1) is 0 Å². The summed E-state index contributed by atoms with van der Waals surface area (Å²) in [6, 6.07) is 0. The van der Waals surface area contributed by atoms with E-state index in [0.29, 0.717) is 0 Å². The number of phosphoric ester groups is 1. The average molecular weight is 194 g/mol. The van der Waals surface area contributed by atoms with Gasteiger partial charge in [0.05, 0.1) is 6.61 Å². The van der Waals surface area contributed by atoms with Gasteiger partial charge in [-0.2, -0.15) is 0 Å². The summed E-state index contributed by atoms with van der Waals surface area (Å²) in [4.78, 5) is 19.4. The molecule has 0 aromatic rings. The topological polar surface area (TPSA) is 72.8 Å². The Morgan fingerprint density at radius 3 is 2.67 bits per heavy atom. The third kappa shape index (κ3) is 5.07. The molecule has 0 aliphatic carbocycles. The molecule has 6 heteroatoms. The van der Waals surface area contributed by atoms with E-state index in [4.69, 9.17) is 4.89 Å². The standard InChI is InChI=1S/C6H11O5P/c1-3-5-6(7)11-12(8,9)10-4-2/h3,5H,4H2,1-2H3,(H,8,9). The van der Waals surface area contributed by atoms with Gasteiger partial charge in [0.1, 0.15) is 0 Å². The van der Waals surface area contributed by atoms with Gasteiger partial charge < -0.3 is 4.52 Å². The monoisotopic (exact) mass is 194 g/mol. The normalized spacial score (nSPS) is 15.9. The molecule has 0 aliphatic rings. The largest absolute Gasteiger partial charge is 0.529 e. The van der Waals surface area contributed by atoms with Crippen molar-refractivity contribution < 1.29 is 23.3 Å². The van der Waals surface area contributed by atoms with Crippen LogP contribution >= 0.6 is 7.82 Å². The van der Waals surface area contributed by atoms with E-state index in [-0.39, 0.29) is 6.61 Å². The molecule has 0 heterocycles. The summed E-state index contributed by atoms with van der Waals surface area (Å²) in [5.41, 5.74) is 0. The number of hydrogen-bond donors (Lipinski definition) is 1. The van der Waals surface area contributed by atoms with Crippen LogP contribution in [0.4, 0.5) is 0 Å². The fourth-order valence-electron chi connectivity index (χ4n) is 0.470. The predicted octanol–water partition coefficient (Wildman–Crippen LogP) is 1.24. The van der Waals surface area contributed by atoms with Gasteiger partial charge in [0.25, 0.3) is 0 Å². The fourth-order valence-corrected chi connectivity index (χ4v) is 1.14. The molecule has 1 unspecified atom stereocenters. The number of carbonyl (C=O) groups excluding carboxylic acids is 1. The Balaban J connectivity index is 4.06. The zero-order chi connectivity index (χ0) is 9.61. The molecule has 0 aromatic carbocycles. The Bertz CT molecular complexity index is 222. The van der Waals surface area contributed by atoms with Crippen molar-refractivity contribution in [3.05, 3.63) is 12.2 Å². The highest BCUT2D eigenvalue weighted by Crippen LogP contribution is 2.42. The van der Waals surface area contributed by atoms with Gasteiger partial charge in [-0.25, -0.2) is 9.36 Å². The van der Waals surface area contributed by atoms with Crippen LogP contribution in [-0.2, 0) is 18.4 Å². The van der Waals surface area contributed by atoms with Crippen LogP contribution in [-0.4, -0.2) is 17.5 Å². The van der Waals surface area contributed by atoms with Crippen LogP contribution < -0.4 is 0 Å². The zero-order valence-electron chi connectivity index (χ0n) is 6.89. The lowest BCUT2D eigenvalue weighted by atomic mass is 10.5. The number of phosphoric acid groups is 1. The summed E-state index contributed by atoms with van der Waals surface area (Å²) in [5, 5.41) is 0. The van der Waals surface area contributed by atoms with E-state index in [1.807, 2.05) is 0 Å². The molecule has 0 amide bonds. The molecule has 0 spiro atoms. The van der Waals surface area contributed by atoms with Crippen LogP contribution in [0.25, 0.3) is 0 Å². The Morgan fingerprint density at radius 1 is 1.67 bits per heavy atom. The van der Waals surface area contributed by atoms with Crippen LogP contribution in [0.2, 0.25) is 0 Å². The summed E-state index contributed by atoms with van der Waals surface area (Å²) in [5.74, 6) is -0.892. The van der Waals surface area contributed by atoms with Gasteiger partial charge >= 0.3 is 13.8 Å². The third-order valence-corrected chi connectivity index (χ3v) is 1.80. The summed E-state index contributed by atoms with van der Waals surface area (Å²) < 4.78 is 19.1. The van der Waals surface area contributed by atoms with Crippen molar-refractivity contribution in [3.63, 3.8) is 0 Å². The Kier molecular flexibility index (Phi) is 4.81.